The summed E-state index contributed by atoms with van der Waals surface area (Å²) < 4.78 is 5.16. The normalized spacial score (nSPS) is 22.6. The number of allylic oxidation sites excluding steroid dienone is 2. The van der Waals surface area contributed by atoms with Gasteiger partial charge >= 0.3 is 17.1 Å². The number of hydrogen-bond donors (Lipinski definition) is 1. The second-order valence-corrected chi connectivity index (χ2v) is 5.85. The standard InChI is InChI=1S/C17H16NO2.C5H5.Fe/c1-20-15-8-6-12(7-9-15)14-10-16(18-17(19)11-14)13-4-2-3-5-13;1-2-4-5-3-1;/h2-10,14H,11H2,1H3,(H,18,19);1-5H;/q;;+2. The SMILES string of the molecule is COc1ccc(C2C=C([C]3[CH][CH][CH][CH]3)NC(=O)C2)cc1.[CH]1[CH][CH][CH][CH]1.[Fe+2]. The van der Waals surface area contributed by atoms with Crippen LogP contribution >= 0.6 is 0 Å². The molecule has 1 atom stereocenters. The predicted octanol–water partition coefficient (Wildman–Crippen LogP) is 3.61. The van der Waals surface area contributed by atoms with E-state index in [4.69, 9.17) is 4.74 Å². The zero-order valence-corrected chi connectivity index (χ0v) is 15.6. The molecule has 2 saturated carbocycles. The summed E-state index contributed by atoms with van der Waals surface area (Å²) in [6.07, 6.45) is 20.6. The maximum absolute atomic E-state index is 11.9. The number of carbonyl (C=O) groups is 1. The molecule has 2 aliphatic carbocycles. The Bertz CT molecular complexity index is 579. The van der Waals surface area contributed by atoms with Gasteiger partial charge in [-0.25, -0.2) is 0 Å². The van der Waals surface area contributed by atoms with Crippen molar-refractivity contribution >= 4 is 5.91 Å². The van der Waals surface area contributed by atoms with E-state index in [2.05, 4.69) is 11.4 Å². The molecule has 0 bridgehead atoms. The van der Waals surface area contributed by atoms with Gasteiger partial charge in [-0.2, -0.15) is 0 Å². The van der Waals surface area contributed by atoms with E-state index in [9.17, 15) is 4.79 Å². The van der Waals surface area contributed by atoms with Gasteiger partial charge in [-0.1, -0.05) is 18.2 Å². The number of nitrogens with one attached hydrogen (secondary N) is 1. The molecular formula is C22H21FeNO2+2. The minimum atomic E-state index is 0. The predicted molar refractivity (Wildman–Crippen MR) is 98.5 cm³/mol. The second-order valence-electron chi connectivity index (χ2n) is 5.85. The Balaban J connectivity index is 0.000000351. The monoisotopic (exact) mass is 387 g/mol. The second kappa shape index (κ2) is 10.8. The van der Waals surface area contributed by atoms with Crippen LogP contribution in [0.1, 0.15) is 17.9 Å². The van der Waals surface area contributed by atoms with Gasteiger partial charge in [-0.05, 0) is 75.5 Å². The minimum absolute atomic E-state index is 0. The van der Waals surface area contributed by atoms with Crippen LogP contribution in [0.25, 0.3) is 0 Å². The van der Waals surface area contributed by atoms with Crippen molar-refractivity contribution in [2.45, 2.75) is 12.3 Å². The molecule has 26 heavy (non-hydrogen) atoms. The molecule has 0 spiro atoms. The van der Waals surface area contributed by atoms with Gasteiger partial charge in [0.25, 0.3) is 0 Å². The van der Waals surface area contributed by atoms with Crippen molar-refractivity contribution in [1.82, 2.24) is 5.32 Å². The van der Waals surface area contributed by atoms with E-state index in [1.54, 1.807) is 7.11 Å². The summed E-state index contributed by atoms with van der Waals surface area (Å²) in [6, 6.07) is 7.89. The molecule has 0 saturated heterocycles. The van der Waals surface area contributed by atoms with Gasteiger partial charge in [0.2, 0.25) is 5.91 Å². The van der Waals surface area contributed by atoms with Crippen LogP contribution in [0.15, 0.2) is 36.0 Å². The minimum Gasteiger partial charge on any atom is -0.497 e. The van der Waals surface area contributed by atoms with Crippen LogP contribution < -0.4 is 10.1 Å². The summed E-state index contributed by atoms with van der Waals surface area (Å²) in [6.45, 7) is 0. The Morgan fingerprint density at radius 2 is 1.50 bits per heavy atom. The average Bonchev–Trinajstić information content (AvgIpc) is 3.37. The van der Waals surface area contributed by atoms with Gasteiger partial charge < -0.3 is 10.1 Å². The molecule has 1 aliphatic heterocycles. The molecule has 1 heterocycles. The molecule has 2 fully saturated rings. The molecule has 1 aromatic rings. The van der Waals surface area contributed by atoms with E-state index in [1.165, 1.54) is 0 Å². The maximum Gasteiger partial charge on any atom is 2.00 e. The molecular weight excluding hydrogens is 366 g/mol. The summed E-state index contributed by atoms with van der Waals surface area (Å²) in [5.41, 5.74) is 2.02. The average molecular weight is 387 g/mol. The van der Waals surface area contributed by atoms with E-state index in [1.807, 2.05) is 82.1 Å². The first kappa shape index (κ1) is 21.1. The summed E-state index contributed by atoms with van der Waals surface area (Å²) in [4.78, 5) is 11.9. The molecule has 132 valence electrons. The Kier molecular flexibility index (Phi) is 8.74. The van der Waals surface area contributed by atoms with Crippen LogP contribution in [0, 0.1) is 63.7 Å². The molecule has 1 N–H and O–H groups in total. The Morgan fingerprint density at radius 1 is 0.923 bits per heavy atom. The van der Waals surface area contributed by atoms with Crippen LogP contribution in [0.2, 0.25) is 0 Å². The number of methoxy groups -OCH3 is 1. The molecule has 1 amide bonds. The molecule has 3 nitrogen and oxygen atoms in total. The van der Waals surface area contributed by atoms with Crippen LogP contribution in [-0.4, -0.2) is 13.0 Å². The summed E-state index contributed by atoms with van der Waals surface area (Å²) >= 11 is 0. The van der Waals surface area contributed by atoms with Gasteiger partial charge in [0.15, 0.2) is 0 Å². The molecule has 0 aromatic heterocycles. The fourth-order valence-electron chi connectivity index (χ4n) is 2.81. The van der Waals surface area contributed by atoms with Crippen molar-refractivity contribution in [3.8, 4) is 5.75 Å². The van der Waals surface area contributed by atoms with Gasteiger partial charge in [0.05, 0.1) is 7.11 Å². The number of carbonyl (C=O) groups excluding carboxylic acids is 1. The largest absolute Gasteiger partial charge is 2.00 e. The fourth-order valence-corrected chi connectivity index (χ4v) is 2.81. The molecule has 10 radical (unpaired) electrons. The number of ether oxygens (including phenoxy) is 1. The molecule has 1 unspecified atom stereocenters. The van der Waals surface area contributed by atoms with Crippen molar-refractivity contribution in [2.24, 2.45) is 0 Å². The first-order valence-electron chi connectivity index (χ1n) is 8.30. The smallest absolute Gasteiger partial charge is 0.497 e. The van der Waals surface area contributed by atoms with E-state index in [-0.39, 0.29) is 28.9 Å². The van der Waals surface area contributed by atoms with Crippen molar-refractivity contribution in [1.29, 1.82) is 0 Å². The van der Waals surface area contributed by atoms with Gasteiger partial charge in [-0.15, -0.1) is 0 Å². The van der Waals surface area contributed by atoms with Crippen molar-refractivity contribution in [3.63, 3.8) is 0 Å². The first-order chi connectivity index (χ1) is 12.3. The molecule has 4 heteroatoms. The van der Waals surface area contributed by atoms with Crippen LogP contribution in [0.3, 0.4) is 0 Å². The van der Waals surface area contributed by atoms with Crippen LogP contribution in [-0.2, 0) is 21.9 Å². The molecule has 1 aromatic carbocycles. The first-order valence-corrected chi connectivity index (χ1v) is 8.30. The van der Waals surface area contributed by atoms with E-state index >= 15 is 0 Å². The Labute approximate surface area is 168 Å². The summed E-state index contributed by atoms with van der Waals surface area (Å²) in [5, 5.41) is 2.94. The maximum atomic E-state index is 11.9. The van der Waals surface area contributed by atoms with Crippen molar-refractivity contribution < 1.29 is 26.6 Å². The third kappa shape index (κ3) is 5.89. The Morgan fingerprint density at radius 3 is 2.04 bits per heavy atom. The molecule has 4 rings (SSSR count). The van der Waals surface area contributed by atoms with Gasteiger partial charge in [-0.3, -0.25) is 4.79 Å². The third-order valence-corrected chi connectivity index (χ3v) is 4.12. The number of amides is 1. The van der Waals surface area contributed by atoms with Gasteiger partial charge in [0, 0.05) is 24.0 Å². The van der Waals surface area contributed by atoms with Crippen molar-refractivity contribution in [3.05, 3.63) is 105 Å². The summed E-state index contributed by atoms with van der Waals surface area (Å²) in [7, 11) is 1.65. The van der Waals surface area contributed by atoms with Gasteiger partial charge in [0.1, 0.15) is 5.75 Å². The fraction of sp³-hybridized carbons (Fsp3) is 0.136. The topological polar surface area (TPSA) is 38.3 Å². The number of benzene rings is 1. The number of hydrogen-bond acceptors (Lipinski definition) is 2. The molecule has 3 aliphatic rings. The van der Waals surface area contributed by atoms with Crippen LogP contribution in [0.4, 0.5) is 0 Å². The zero-order valence-electron chi connectivity index (χ0n) is 14.5. The quantitative estimate of drug-likeness (QED) is 0.805. The van der Waals surface area contributed by atoms with Crippen LogP contribution in [0.5, 0.6) is 5.75 Å². The number of rotatable bonds is 3. The zero-order chi connectivity index (χ0) is 17.5. The van der Waals surface area contributed by atoms with E-state index in [0.29, 0.717) is 6.42 Å². The van der Waals surface area contributed by atoms with E-state index < -0.39 is 0 Å². The van der Waals surface area contributed by atoms with Crippen molar-refractivity contribution in [2.75, 3.05) is 7.11 Å². The van der Waals surface area contributed by atoms with E-state index in [0.717, 1.165) is 22.9 Å². The third-order valence-electron chi connectivity index (χ3n) is 4.12. The Hall–Kier alpha value is -1.25. The summed E-state index contributed by atoms with van der Waals surface area (Å²) in [5.74, 6) is 2.05.